The third-order valence-corrected chi connectivity index (χ3v) is 6.37. The van der Waals surface area contributed by atoms with Crippen molar-refractivity contribution in [2.75, 3.05) is 17.2 Å². The molecule has 4 aromatic rings. The van der Waals surface area contributed by atoms with Crippen molar-refractivity contribution in [2.45, 2.75) is 40.3 Å². The van der Waals surface area contributed by atoms with Crippen LogP contribution < -0.4 is 20.1 Å². The number of tetrazole rings is 1. The molecule has 1 aliphatic heterocycles. The Morgan fingerprint density at radius 3 is 2.37 bits per heavy atom. The van der Waals surface area contributed by atoms with Gasteiger partial charge in [0.05, 0.1) is 12.2 Å². The monoisotopic (exact) mass is 510 g/mol. The molecule has 1 aromatic heterocycles. The highest BCUT2D eigenvalue weighted by atomic mass is 16.5. The molecule has 9 heteroatoms. The van der Waals surface area contributed by atoms with Gasteiger partial charge in [-0.2, -0.15) is 4.68 Å². The van der Waals surface area contributed by atoms with Gasteiger partial charge in [-0.15, -0.1) is 0 Å². The van der Waals surface area contributed by atoms with Crippen molar-refractivity contribution in [3.8, 4) is 11.5 Å². The van der Waals surface area contributed by atoms with E-state index in [1.165, 1.54) is 5.56 Å². The average molecular weight is 511 g/mol. The lowest BCUT2D eigenvalue weighted by Crippen LogP contribution is -2.31. The predicted molar refractivity (Wildman–Crippen MR) is 145 cm³/mol. The van der Waals surface area contributed by atoms with Crippen molar-refractivity contribution in [3.05, 3.63) is 100 Å². The molecule has 0 fully saturated rings. The van der Waals surface area contributed by atoms with Crippen molar-refractivity contribution in [1.29, 1.82) is 0 Å². The van der Waals surface area contributed by atoms with Crippen molar-refractivity contribution in [2.24, 2.45) is 0 Å². The standard InChI is InChI=1S/C29H30N6O3/c1-5-37-25-16-22(12-15-24(25)38-17-21-10-6-18(2)7-11-21)27-26(20(4)30-29-32-33-34-35(27)29)28(36)31-23-13-8-19(3)9-14-23/h6-16,27H,5,17H2,1-4H3,(H,31,36)(H,30,32,34). The van der Waals surface area contributed by atoms with Crippen LogP contribution in [-0.2, 0) is 11.4 Å². The van der Waals surface area contributed by atoms with Gasteiger partial charge >= 0.3 is 0 Å². The number of carbonyl (C=O) groups excluding carboxylic acids is 1. The van der Waals surface area contributed by atoms with Crippen LogP contribution in [0.1, 0.15) is 42.1 Å². The van der Waals surface area contributed by atoms with E-state index in [2.05, 4.69) is 45.2 Å². The first kappa shape index (κ1) is 25.0. The summed E-state index contributed by atoms with van der Waals surface area (Å²) in [5.41, 5.74) is 6.04. The minimum atomic E-state index is -0.572. The van der Waals surface area contributed by atoms with Gasteiger partial charge in [0.1, 0.15) is 12.6 Å². The molecule has 0 saturated heterocycles. The number of nitrogens with one attached hydrogen (secondary N) is 2. The number of allylic oxidation sites excluding steroid dienone is 1. The summed E-state index contributed by atoms with van der Waals surface area (Å²) in [6.45, 7) is 8.69. The number of carbonyl (C=O) groups is 1. The second-order valence-corrected chi connectivity index (χ2v) is 9.25. The molecule has 1 amide bonds. The number of benzene rings is 3. The number of aryl methyl sites for hydroxylation is 2. The molecule has 0 spiro atoms. The van der Waals surface area contributed by atoms with Crippen LogP contribution in [0.3, 0.4) is 0 Å². The van der Waals surface area contributed by atoms with E-state index in [1.807, 2.05) is 75.4 Å². The van der Waals surface area contributed by atoms with Gasteiger partial charge in [0.25, 0.3) is 5.91 Å². The highest BCUT2D eigenvalue weighted by Gasteiger charge is 2.34. The Kier molecular flexibility index (Phi) is 7.08. The van der Waals surface area contributed by atoms with Gasteiger partial charge in [0.15, 0.2) is 11.5 Å². The van der Waals surface area contributed by atoms with E-state index in [-0.39, 0.29) is 5.91 Å². The fraction of sp³-hybridized carbons (Fsp3) is 0.241. The number of aromatic nitrogens is 4. The molecule has 5 rings (SSSR count). The molecule has 1 unspecified atom stereocenters. The average Bonchev–Trinajstić information content (AvgIpc) is 3.37. The highest BCUT2D eigenvalue weighted by Crippen LogP contribution is 2.39. The lowest BCUT2D eigenvalue weighted by atomic mass is 9.94. The summed E-state index contributed by atoms with van der Waals surface area (Å²) in [6, 6.07) is 21.0. The van der Waals surface area contributed by atoms with Crippen LogP contribution >= 0.6 is 0 Å². The summed E-state index contributed by atoms with van der Waals surface area (Å²) < 4.78 is 13.7. The van der Waals surface area contributed by atoms with Gasteiger partial charge in [0.2, 0.25) is 5.95 Å². The fourth-order valence-electron chi connectivity index (χ4n) is 4.38. The molecule has 1 atom stereocenters. The Labute approximate surface area is 221 Å². The van der Waals surface area contributed by atoms with Gasteiger partial charge in [-0.05, 0) is 73.5 Å². The SMILES string of the molecule is CCOc1cc(C2C(C(=O)Nc3ccc(C)cc3)=C(C)Nc3nnnn32)ccc1OCc1ccc(C)cc1. The molecule has 2 heterocycles. The zero-order valence-corrected chi connectivity index (χ0v) is 21.9. The largest absolute Gasteiger partial charge is 0.490 e. The Bertz CT molecular complexity index is 1480. The molecule has 194 valence electrons. The molecule has 2 N–H and O–H groups in total. The molecule has 1 aliphatic rings. The molecular weight excluding hydrogens is 480 g/mol. The van der Waals surface area contributed by atoms with Crippen molar-refractivity contribution in [3.63, 3.8) is 0 Å². The molecular formula is C29H30N6O3. The molecule has 0 radical (unpaired) electrons. The smallest absolute Gasteiger partial charge is 0.255 e. The highest BCUT2D eigenvalue weighted by molar-refractivity contribution is 6.06. The van der Waals surface area contributed by atoms with E-state index in [4.69, 9.17) is 9.47 Å². The molecule has 9 nitrogen and oxygen atoms in total. The van der Waals surface area contributed by atoms with Crippen LogP contribution in [0.5, 0.6) is 11.5 Å². The number of amides is 1. The second-order valence-electron chi connectivity index (χ2n) is 9.25. The molecule has 0 saturated carbocycles. The lowest BCUT2D eigenvalue weighted by Gasteiger charge is -2.28. The van der Waals surface area contributed by atoms with Crippen molar-refractivity contribution >= 4 is 17.5 Å². The fourth-order valence-corrected chi connectivity index (χ4v) is 4.38. The first-order valence-corrected chi connectivity index (χ1v) is 12.5. The van der Waals surface area contributed by atoms with Gasteiger partial charge in [-0.1, -0.05) is 58.7 Å². The summed E-state index contributed by atoms with van der Waals surface area (Å²) in [6.07, 6.45) is 0. The van der Waals surface area contributed by atoms with Crippen molar-refractivity contribution in [1.82, 2.24) is 20.2 Å². The molecule has 0 bridgehead atoms. The van der Waals surface area contributed by atoms with Gasteiger partial charge in [-0.25, -0.2) is 0 Å². The third-order valence-electron chi connectivity index (χ3n) is 6.37. The number of hydrogen-bond donors (Lipinski definition) is 2. The first-order chi connectivity index (χ1) is 18.4. The molecule has 0 aliphatic carbocycles. The number of anilines is 2. The number of rotatable bonds is 8. The normalized spacial score (nSPS) is 14.5. The molecule has 38 heavy (non-hydrogen) atoms. The number of nitrogens with zero attached hydrogens (tertiary/aromatic N) is 4. The van der Waals surface area contributed by atoms with Crippen LogP contribution in [0.25, 0.3) is 0 Å². The Balaban J connectivity index is 1.48. The number of fused-ring (bicyclic) bond motifs is 1. The third kappa shape index (κ3) is 5.22. The van der Waals surface area contributed by atoms with E-state index in [9.17, 15) is 4.79 Å². The summed E-state index contributed by atoms with van der Waals surface area (Å²) in [4.78, 5) is 13.6. The topological polar surface area (TPSA) is 103 Å². The summed E-state index contributed by atoms with van der Waals surface area (Å²) >= 11 is 0. The maximum absolute atomic E-state index is 13.6. The van der Waals surface area contributed by atoms with E-state index in [0.29, 0.717) is 47.6 Å². The van der Waals surface area contributed by atoms with E-state index < -0.39 is 6.04 Å². The first-order valence-electron chi connectivity index (χ1n) is 12.5. The van der Waals surface area contributed by atoms with Gasteiger partial charge in [-0.3, -0.25) is 4.79 Å². The number of ether oxygens (including phenoxy) is 2. The Morgan fingerprint density at radius 1 is 0.947 bits per heavy atom. The van der Waals surface area contributed by atoms with Crippen LogP contribution in [0.15, 0.2) is 78.0 Å². The summed E-state index contributed by atoms with van der Waals surface area (Å²) in [5, 5.41) is 18.3. The van der Waals surface area contributed by atoms with Crippen LogP contribution in [-0.4, -0.2) is 32.7 Å². The maximum atomic E-state index is 13.6. The summed E-state index contributed by atoms with van der Waals surface area (Å²) in [5.74, 6) is 1.41. The minimum Gasteiger partial charge on any atom is -0.490 e. The minimum absolute atomic E-state index is 0.248. The van der Waals surface area contributed by atoms with Gasteiger partial charge in [0, 0.05) is 11.4 Å². The summed E-state index contributed by atoms with van der Waals surface area (Å²) in [7, 11) is 0. The predicted octanol–water partition coefficient (Wildman–Crippen LogP) is 5.20. The van der Waals surface area contributed by atoms with E-state index in [1.54, 1.807) is 4.68 Å². The van der Waals surface area contributed by atoms with E-state index >= 15 is 0 Å². The van der Waals surface area contributed by atoms with E-state index in [0.717, 1.165) is 16.7 Å². The molecule has 3 aromatic carbocycles. The number of hydrogen-bond acceptors (Lipinski definition) is 7. The zero-order chi connectivity index (χ0) is 26.6. The van der Waals surface area contributed by atoms with Crippen LogP contribution in [0, 0.1) is 13.8 Å². The zero-order valence-electron chi connectivity index (χ0n) is 21.9. The Morgan fingerprint density at radius 2 is 1.66 bits per heavy atom. The van der Waals surface area contributed by atoms with Crippen molar-refractivity contribution < 1.29 is 14.3 Å². The van der Waals surface area contributed by atoms with Crippen LogP contribution in [0.2, 0.25) is 0 Å². The maximum Gasteiger partial charge on any atom is 0.255 e. The Hall–Kier alpha value is -4.66. The van der Waals surface area contributed by atoms with Gasteiger partial charge < -0.3 is 20.1 Å². The second kappa shape index (κ2) is 10.8. The quantitative estimate of drug-likeness (QED) is 0.336. The lowest BCUT2D eigenvalue weighted by molar-refractivity contribution is -0.113. The van der Waals surface area contributed by atoms with Crippen LogP contribution in [0.4, 0.5) is 11.6 Å².